The van der Waals surface area contributed by atoms with Crippen molar-refractivity contribution < 1.29 is 9.53 Å². The molecule has 0 atom stereocenters. The van der Waals surface area contributed by atoms with Gasteiger partial charge in [0, 0.05) is 13.1 Å². The van der Waals surface area contributed by atoms with Crippen molar-refractivity contribution in [3.8, 4) is 0 Å². The molecule has 20 heavy (non-hydrogen) atoms. The second-order valence-electron chi connectivity index (χ2n) is 7.41. The number of carbonyl (C=O) groups excluding carboxylic acids is 1. The van der Waals surface area contributed by atoms with E-state index in [-0.39, 0.29) is 5.97 Å². The first-order valence-electron chi connectivity index (χ1n) is 7.35. The van der Waals surface area contributed by atoms with E-state index in [4.69, 9.17) is 4.74 Å². The van der Waals surface area contributed by atoms with Crippen molar-refractivity contribution >= 4 is 5.97 Å². The lowest BCUT2D eigenvalue weighted by Gasteiger charge is -2.60. The highest BCUT2D eigenvalue weighted by atomic mass is 16.6. The Kier molecular flexibility index (Phi) is 2.94. The van der Waals surface area contributed by atoms with Crippen LogP contribution < -0.4 is 5.32 Å². The molecule has 0 radical (unpaired) electrons. The molecule has 0 unspecified atom stereocenters. The Balaban J connectivity index is 1.88. The van der Waals surface area contributed by atoms with Crippen LogP contribution in [0.2, 0.25) is 0 Å². The van der Waals surface area contributed by atoms with Crippen LogP contribution in [0.15, 0.2) is 30.3 Å². The zero-order valence-electron chi connectivity index (χ0n) is 12.5. The molecule has 0 amide bonds. The molecule has 1 saturated heterocycles. The molecule has 1 aromatic carbocycles. The molecule has 0 bridgehead atoms. The SMILES string of the molecule is CC(C)(C)OC(=O)C1(c2ccccc2)CC2(CNC2)C1. The number of benzene rings is 1. The average Bonchev–Trinajstić information content (AvgIpc) is 2.24. The van der Waals surface area contributed by atoms with Crippen molar-refractivity contribution in [3.63, 3.8) is 0 Å². The molecule has 3 heteroatoms. The maximum atomic E-state index is 12.7. The number of ether oxygens (including phenoxy) is 1. The zero-order valence-corrected chi connectivity index (χ0v) is 12.5. The van der Waals surface area contributed by atoms with Gasteiger partial charge in [0.2, 0.25) is 0 Å². The van der Waals surface area contributed by atoms with Gasteiger partial charge < -0.3 is 10.1 Å². The van der Waals surface area contributed by atoms with E-state index in [1.165, 1.54) is 0 Å². The van der Waals surface area contributed by atoms with Crippen molar-refractivity contribution in [1.29, 1.82) is 0 Å². The highest BCUT2D eigenvalue weighted by Gasteiger charge is 2.62. The normalized spacial score (nSPS) is 22.8. The van der Waals surface area contributed by atoms with Crippen LogP contribution in [0.3, 0.4) is 0 Å². The van der Waals surface area contributed by atoms with E-state index in [2.05, 4.69) is 17.4 Å². The van der Waals surface area contributed by atoms with Gasteiger partial charge in [-0.2, -0.15) is 0 Å². The molecule has 108 valence electrons. The minimum absolute atomic E-state index is 0.0614. The van der Waals surface area contributed by atoms with Gasteiger partial charge in [-0.3, -0.25) is 4.79 Å². The summed E-state index contributed by atoms with van der Waals surface area (Å²) in [5.74, 6) is -0.0614. The number of carbonyl (C=O) groups is 1. The first kappa shape index (κ1) is 13.6. The Hall–Kier alpha value is -1.35. The lowest BCUT2D eigenvalue weighted by atomic mass is 9.48. The van der Waals surface area contributed by atoms with Gasteiger partial charge in [-0.25, -0.2) is 0 Å². The van der Waals surface area contributed by atoms with Crippen LogP contribution in [0.5, 0.6) is 0 Å². The first-order chi connectivity index (χ1) is 9.35. The molecule has 1 aliphatic carbocycles. The summed E-state index contributed by atoms with van der Waals surface area (Å²) in [6.45, 7) is 7.86. The minimum atomic E-state index is -0.434. The van der Waals surface area contributed by atoms with E-state index >= 15 is 0 Å². The van der Waals surface area contributed by atoms with Crippen LogP contribution in [0, 0.1) is 5.41 Å². The van der Waals surface area contributed by atoms with Crippen LogP contribution >= 0.6 is 0 Å². The van der Waals surface area contributed by atoms with Crippen molar-refractivity contribution in [3.05, 3.63) is 35.9 Å². The summed E-state index contributed by atoms with van der Waals surface area (Å²) in [7, 11) is 0. The van der Waals surface area contributed by atoms with Gasteiger partial charge in [0.05, 0.1) is 5.41 Å². The summed E-state index contributed by atoms with van der Waals surface area (Å²) in [5.41, 5.74) is 0.565. The molecule has 1 aliphatic heterocycles. The molecule has 0 aromatic heterocycles. The highest BCUT2D eigenvalue weighted by molar-refractivity contribution is 5.85. The van der Waals surface area contributed by atoms with E-state index in [1.807, 2.05) is 39.0 Å². The quantitative estimate of drug-likeness (QED) is 0.842. The van der Waals surface area contributed by atoms with Gasteiger partial charge in [-0.1, -0.05) is 30.3 Å². The predicted molar refractivity (Wildman–Crippen MR) is 78.5 cm³/mol. The van der Waals surface area contributed by atoms with Crippen LogP contribution in [0.25, 0.3) is 0 Å². The van der Waals surface area contributed by atoms with E-state index in [1.54, 1.807) is 0 Å². The third-order valence-electron chi connectivity index (χ3n) is 4.47. The number of nitrogens with one attached hydrogen (secondary N) is 1. The molecule has 1 saturated carbocycles. The van der Waals surface area contributed by atoms with Gasteiger partial charge >= 0.3 is 5.97 Å². The molecule has 1 spiro atoms. The third-order valence-corrected chi connectivity index (χ3v) is 4.47. The van der Waals surface area contributed by atoms with Crippen LogP contribution in [-0.4, -0.2) is 24.7 Å². The van der Waals surface area contributed by atoms with Gasteiger partial charge in [0.25, 0.3) is 0 Å². The zero-order chi connectivity index (χ0) is 14.4. The number of hydrogen-bond acceptors (Lipinski definition) is 3. The largest absolute Gasteiger partial charge is 0.459 e. The Morgan fingerprint density at radius 3 is 2.20 bits per heavy atom. The smallest absolute Gasteiger partial charge is 0.317 e. The molecular weight excluding hydrogens is 250 g/mol. The molecule has 2 aliphatic rings. The first-order valence-corrected chi connectivity index (χ1v) is 7.35. The van der Waals surface area contributed by atoms with Crippen molar-refractivity contribution in [2.24, 2.45) is 5.41 Å². The summed E-state index contributed by atoms with van der Waals surface area (Å²) in [5, 5.41) is 3.33. The lowest BCUT2D eigenvalue weighted by molar-refractivity contribution is -0.176. The second kappa shape index (κ2) is 4.32. The number of rotatable bonds is 2. The molecule has 1 N–H and O–H groups in total. The van der Waals surface area contributed by atoms with Crippen molar-refractivity contribution in [1.82, 2.24) is 5.32 Å². The average molecular weight is 273 g/mol. The molecule has 3 nitrogen and oxygen atoms in total. The second-order valence-corrected chi connectivity index (χ2v) is 7.41. The maximum absolute atomic E-state index is 12.7. The standard InChI is InChI=1S/C17H23NO2/c1-15(2,3)20-14(19)17(13-7-5-4-6-8-13)9-16(10-17)11-18-12-16/h4-8,18H,9-12H2,1-3H3. The van der Waals surface area contributed by atoms with Crippen LogP contribution in [-0.2, 0) is 14.9 Å². The van der Waals surface area contributed by atoms with E-state index in [9.17, 15) is 4.79 Å². The van der Waals surface area contributed by atoms with Crippen molar-refractivity contribution in [2.75, 3.05) is 13.1 Å². The van der Waals surface area contributed by atoms with Gasteiger partial charge in [0.15, 0.2) is 0 Å². The summed E-state index contributed by atoms with van der Waals surface area (Å²) >= 11 is 0. The lowest BCUT2D eigenvalue weighted by Crippen LogP contribution is -2.68. The summed E-state index contributed by atoms with van der Waals surface area (Å²) in [4.78, 5) is 12.7. The van der Waals surface area contributed by atoms with Gasteiger partial charge in [-0.05, 0) is 44.6 Å². The van der Waals surface area contributed by atoms with Crippen LogP contribution in [0.4, 0.5) is 0 Å². The monoisotopic (exact) mass is 273 g/mol. The van der Waals surface area contributed by atoms with E-state index in [0.717, 1.165) is 31.5 Å². The van der Waals surface area contributed by atoms with Gasteiger partial charge in [0.1, 0.15) is 5.60 Å². The topological polar surface area (TPSA) is 38.3 Å². The fraction of sp³-hybridized carbons (Fsp3) is 0.588. The molecule has 2 fully saturated rings. The summed E-state index contributed by atoms with van der Waals surface area (Å²) in [6, 6.07) is 10.1. The Morgan fingerprint density at radius 2 is 1.75 bits per heavy atom. The highest BCUT2D eigenvalue weighted by Crippen LogP contribution is 2.58. The Bertz CT molecular complexity index is 504. The fourth-order valence-corrected chi connectivity index (χ4v) is 3.56. The third kappa shape index (κ3) is 2.14. The molecule has 3 rings (SSSR count). The fourth-order valence-electron chi connectivity index (χ4n) is 3.56. The number of esters is 1. The predicted octanol–water partition coefficient (Wildman–Crippen LogP) is 2.65. The number of hydrogen-bond donors (Lipinski definition) is 1. The van der Waals surface area contributed by atoms with E-state index < -0.39 is 11.0 Å². The molecule has 1 aromatic rings. The van der Waals surface area contributed by atoms with Crippen molar-refractivity contribution in [2.45, 2.75) is 44.6 Å². The van der Waals surface area contributed by atoms with E-state index in [0.29, 0.717) is 5.41 Å². The molecule has 1 heterocycles. The minimum Gasteiger partial charge on any atom is -0.459 e. The van der Waals surface area contributed by atoms with Gasteiger partial charge in [-0.15, -0.1) is 0 Å². The molecular formula is C17H23NO2. The van der Waals surface area contributed by atoms with Crippen LogP contribution in [0.1, 0.15) is 39.2 Å². The summed E-state index contributed by atoms with van der Waals surface area (Å²) in [6.07, 6.45) is 1.82. The Morgan fingerprint density at radius 1 is 1.15 bits per heavy atom. The maximum Gasteiger partial charge on any atom is 0.317 e. The summed E-state index contributed by atoms with van der Waals surface area (Å²) < 4.78 is 5.70. The Labute approximate surface area is 120 Å².